The molecule has 4 aromatic rings. The van der Waals surface area contributed by atoms with Crippen molar-refractivity contribution in [2.75, 3.05) is 19.5 Å². The molecule has 1 amide bonds. The molecular formula is C21H22N6O5. The Morgan fingerprint density at radius 1 is 1.19 bits per heavy atom. The Balaban J connectivity index is 1.66. The summed E-state index contributed by atoms with van der Waals surface area (Å²) in [7, 11) is 3.05. The number of hydrogen-bond acceptors (Lipinski definition) is 8. The molecular weight excluding hydrogens is 416 g/mol. The second-order valence-electron chi connectivity index (χ2n) is 7.03. The summed E-state index contributed by atoms with van der Waals surface area (Å²) in [5.41, 5.74) is 1.03. The first-order valence-electron chi connectivity index (χ1n) is 9.89. The van der Waals surface area contributed by atoms with Gasteiger partial charge in [-0.2, -0.15) is 9.67 Å². The fourth-order valence-corrected chi connectivity index (χ4v) is 3.32. The SMILES string of the molecule is CC[C@H](C(=O)Nc1cc(OC)cc(OC)c1)n1nc2cc(-c3nc(C)no3)ccn2c1=O. The van der Waals surface area contributed by atoms with Crippen molar-refractivity contribution < 1.29 is 18.8 Å². The Morgan fingerprint density at radius 2 is 1.91 bits per heavy atom. The molecule has 11 nitrogen and oxygen atoms in total. The van der Waals surface area contributed by atoms with E-state index in [-0.39, 0.29) is 5.91 Å². The van der Waals surface area contributed by atoms with E-state index in [0.717, 1.165) is 0 Å². The van der Waals surface area contributed by atoms with E-state index in [0.29, 0.717) is 46.5 Å². The predicted molar refractivity (Wildman–Crippen MR) is 115 cm³/mol. The number of nitrogens with zero attached hydrogens (tertiary/aromatic N) is 5. The summed E-state index contributed by atoms with van der Waals surface area (Å²) in [5.74, 6) is 1.49. The lowest BCUT2D eigenvalue weighted by Crippen LogP contribution is -2.33. The van der Waals surface area contributed by atoms with Gasteiger partial charge in [-0.05, 0) is 25.5 Å². The topological polar surface area (TPSA) is 126 Å². The highest BCUT2D eigenvalue weighted by atomic mass is 16.5. The maximum absolute atomic E-state index is 13.0. The van der Waals surface area contributed by atoms with Crippen LogP contribution < -0.4 is 20.5 Å². The third kappa shape index (κ3) is 3.92. The van der Waals surface area contributed by atoms with E-state index >= 15 is 0 Å². The van der Waals surface area contributed by atoms with Crippen LogP contribution in [0.3, 0.4) is 0 Å². The highest BCUT2D eigenvalue weighted by molar-refractivity contribution is 5.94. The molecule has 11 heteroatoms. The Morgan fingerprint density at radius 3 is 2.50 bits per heavy atom. The quantitative estimate of drug-likeness (QED) is 0.466. The number of aryl methyl sites for hydroxylation is 1. The molecule has 0 aliphatic heterocycles. The van der Waals surface area contributed by atoms with Crippen molar-refractivity contribution in [2.45, 2.75) is 26.3 Å². The number of amides is 1. The van der Waals surface area contributed by atoms with E-state index < -0.39 is 11.7 Å². The lowest BCUT2D eigenvalue weighted by atomic mass is 10.2. The zero-order valence-electron chi connectivity index (χ0n) is 18.0. The van der Waals surface area contributed by atoms with Gasteiger partial charge in [-0.25, -0.2) is 4.79 Å². The van der Waals surface area contributed by atoms with E-state index in [9.17, 15) is 9.59 Å². The summed E-state index contributed by atoms with van der Waals surface area (Å²) in [5, 5.41) is 11.0. The highest BCUT2D eigenvalue weighted by Gasteiger charge is 2.24. The number of carbonyl (C=O) groups excluding carboxylic acids is 1. The molecule has 1 aromatic carbocycles. The fraction of sp³-hybridized carbons (Fsp3) is 0.286. The van der Waals surface area contributed by atoms with E-state index in [2.05, 4.69) is 20.6 Å². The van der Waals surface area contributed by atoms with Crippen molar-refractivity contribution in [1.29, 1.82) is 0 Å². The van der Waals surface area contributed by atoms with Gasteiger partial charge in [-0.1, -0.05) is 12.1 Å². The molecule has 0 saturated carbocycles. The number of benzene rings is 1. The Kier molecular flexibility index (Phi) is 5.63. The third-order valence-corrected chi connectivity index (χ3v) is 4.92. The average molecular weight is 438 g/mol. The average Bonchev–Trinajstić information content (AvgIpc) is 3.37. The Bertz CT molecular complexity index is 1320. The van der Waals surface area contributed by atoms with Crippen LogP contribution in [-0.2, 0) is 4.79 Å². The number of aromatic nitrogens is 5. The van der Waals surface area contributed by atoms with Crippen LogP contribution >= 0.6 is 0 Å². The van der Waals surface area contributed by atoms with Crippen molar-refractivity contribution in [2.24, 2.45) is 0 Å². The van der Waals surface area contributed by atoms with Crippen molar-refractivity contribution >= 4 is 17.2 Å². The summed E-state index contributed by atoms with van der Waals surface area (Å²) in [6, 6.07) is 7.53. The molecule has 0 radical (unpaired) electrons. The van der Waals surface area contributed by atoms with Gasteiger partial charge >= 0.3 is 5.69 Å². The monoisotopic (exact) mass is 438 g/mol. The minimum absolute atomic E-state index is 0.323. The predicted octanol–water partition coefficient (Wildman–Crippen LogP) is 2.46. The number of anilines is 1. The fourth-order valence-electron chi connectivity index (χ4n) is 3.32. The zero-order valence-corrected chi connectivity index (χ0v) is 18.0. The van der Waals surface area contributed by atoms with Gasteiger partial charge in [-0.15, -0.1) is 5.10 Å². The highest BCUT2D eigenvalue weighted by Crippen LogP contribution is 2.26. The van der Waals surface area contributed by atoms with E-state index in [1.165, 1.54) is 23.3 Å². The van der Waals surface area contributed by atoms with E-state index in [1.54, 1.807) is 50.4 Å². The number of rotatable bonds is 7. The van der Waals surface area contributed by atoms with Gasteiger partial charge in [0.2, 0.25) is 5.91 Å². The normalized spacial score (nSPS) is 12.0. The molecule has 0 spiro atoms. The second kappa shape index (κ2) is 8.53. The van der Waals surface area contributed by atoms with Crippen LogP contribution in [0.1, 0.15) is 25.2 Å². The summed E-state index contributed by atoms with van der Waals surface area (Å²) in [6.07, 6.45) is 1.92. The molecule has 0 aliphatic carbocycles. The first-order chi connectivity index (χ1) is 15.4. The lowest BCUT2D eigenvalue weighted by molar-refractivity contribution is -0.119. The number of ether oxygens (including phenoxy) is 2. The first kappa shape index (κ1) is 21.1. The minimum Gasteiger partial charge on any atom is -0.497 e. The number of hydrogen-bond donors (Lipinski definition) is 1. The summed E-state index contributed by atoms with van der Waals surface area (Å²) < 4.78 is 18.2. The van der Waals surface area contributed by atoms with Crippen LogP contribution in [0.4, 0.5) is 5.69 Å². The molecule has 0 aliphatic rings. The van der Waals surface area contributed by atoms with Gasteiger partial charge in [-0.3, -0.25) is 9.20 Å². The van der Waals surface area contributed by atoms with Gasteiger partial charge in [0.15, 0.2) is 11.5 Å². The molecule has 0 fully saturated rings. The maximum Gasteiger partial charge on any atom is 0.351 e. The Hall–Kier alpha value is -4.15. The van der Waals surface area contributed by atoms with Gasteiger partial charge < -0.3 is 19.3 Å². The largest absolute Gasteiger partial charge is 0.497 e. The third-order valence-electron chi connectivity index (χ3n) is 4.92. The van der Waals surface area contributed by atoms with Crippen molar-refractivity contribution in [1.82, 2.24) is 24.3 Å². The molecule has 1 atom stereocenters. The number of carbonyl (C=O) groups is 1. The second-order valence-corrected chi connectivity index (χ2v) is 7.03. The molecule has 3 heterocycles. The van der Waals surface area contributed by atoms with Crippen LogP contribution in [0.5, 0.6) is 11.5 Å². The number of methoxy groups -OCH3 is 2. The standard InChI is InChI=1S/C21H22N6O5/c1-5-17(19(28)23-14-9-15(30-3)11-16(10-14)31-4)27-21(29)26-7-6-13(8-18(26)24-27)20-22-12(2)25-32-20/h6-11,17H,5H2,1-4H3,(H,23,28)/t17-/m1/s1. The number of fused-ring (bicyclic) bond motifs is 1. The summed E-state index contributed by atoms with van der Waals surface area (Å²) in [4.78, 5) is 30.1. The first-order valence-corrected chi connectivity index (χ1v) is 9.89. The van der Waals surface area contributed by atoms with E-state index in [1.807, 2.05) is 0 Å². The molecule has 166 valence electrons. The van der Waals surface area contributed by atoms with Gasteiger partial charge in [0.05, 0.1) is 14.2 Å². The molecule has 1 N–H and O–H groups in total. The molecule has 3 aromatic heterocycles. The zero-order chi connectivity index (χ0) is 22.8. The minimum atomic E-state index is -0.825. The molecule has 4 rings (SSSR count). The number of pyridine rings is 1. The molecule has 0 bridgehead atoms. The summed E-state index contributed by atoms with van der Waals surface area (Å²) in [6.45, 7) is 3.52. The van der Waals surface area contributed by atoms with Crippen molar-refractivity contribution in [3.8, 4) is 23.0 Å². The number of nitrogens with one attached hydrogen (secondary N) is 1. The lowest BCUT2D eigenvalue weighted by Gasteiger charge is -2.15. The molecule has 32 heavy (non-hydrogen) atoms. The van der Waals surface area contributed by atoms with Gasteiger partial charge in [0.25, 0.3) is 5.89 Å². The maximum atomic E-state index is 13.0. The van der Waals surface area contributed by atoms with Crippen LogP contribution in [0.25, 0.3) is 17.1 Å². The summed E-state index contributed by atoms with van der Waals surface area (Å²) >= 11 is 0. The van der Waals surface area contributed by atoms with Crippen LogP contribution in [0.2, 0.25) is 0 Å². The van der Waals surface area contributed by atoms with Crippen molar-refractivity contribution in [3.63, 3.8) is 0 Å². The smallest absolute Gasteiger partial charge is 0.351 e. The van der Waals surface area contributed by atoms with Crippen LogP contribution in [-0.4, -0.2) is 44.4 Å². The van der Waals surface area contributed by atoms with E-state index in [4.69, 9.17) is 14.0 Å². The molecule has 0 saturated heterocycles. The Labute approximate surface area is 182 Å². The van der Waals surface area contributed by atoms with Gasteiger partial charge in [0, 0.05) is 35.6 Å². The van der Waals surface area contributed by atoms with Crippen LogP contribution in [0.15, 0.2) is 45.8 Å². The van der Waals surface area contributed by atoms with Crippen molar-refractivity contribution in [3.05, 3.63) is 52.8 Å². The molecule has 0 unspecified atom stereocenters. The van der Waals surface area contributed by atoms with Crippen LogP contribution in [0, 0.1) is 6.92 Å². The van der Waals surface area contributed by atoms with Gasteiger partial charge in [0.1, 0.15) is 17.5 Å².